The highest BCUT2D eigenvalue weighted by atomic mass is 32.2. The maximum atomic E-state index is 13.4. The van der Waals surface area contributed by atoms with Crippen molar-refractivity contribution in [1.29, 1.82) is 0 Å². The predicted molar refractivity (Wildman–Crippen MR) is 125 cm³/mol. The number of amides is 1. The van der Waals surface area contributed by atoms with E-state index in [1.165, 1.54) is 4.31 Å². The molecule has 3 aromatic carbocycles. The van der Waals surface area contributed by atoms with Crippen molar-refractivity contribution in [3.8, 4) is 11.1 Å². The fourth-order valence-electron chi connectivity index (χ4n) is 3.87. The quantitative estimate of drug-likeness (QED) is 0.611. The van der Waals surface area contributed by atoms with Gasteiger partial charge >= 0.3 is 0 Å². The maximum Gasteiger partial charge on any atom is 0.265 e. The topological polar surface area (TPSA) is 66.5 Å². The average molecular weight is 435 g/mol. The zero-order valence-corrected chi connectivity index (χ0v) is 19.0. The third kappa shape index (κ3) is 3.83. The minimum Gasteiger partial charge on any atom is -0.324 e. The lowest BCUT2D eigenvalue weighted by Gasteiger charge is -2.32. The van der Waals surface area contributed by atoms with Crippen LogP contribution in [0.3, 0.4) is 0 Å². The fraction of sp³-hybridized carbons (Fsp3) is 0.240. The van der Waals surface area contributed by atoms with Crippen LogP contribution in [-0.2, 0) is 14.8 Å². The molecule has 1 aliphatic rings. The Balaban J connectivity index is 1.76. The van der Waals surface area contributed by atoms with Gasteiger partial charge in [0.25, 0.3) is 10.0 Å². The molecule has 0 saturated heterocycles. The number of carbonyl (C=O) groups is 1. The molecule has 1 amide bonds. The molecule has 0 aromatic heterocycles. The van der Waals surface area contributed by atoms with E-state index >= 15 is 0 Å². The summed E-state index contributed by atoms with van der Waals surface area (Å²) in [5, 5.41) is 2.88. The van der Waals surface area contributed by atoms with E-state index in [-0.39, 0.29) is 17.3 Å². The van der Waals surface area contributed by atoms with E-state index in [4.69, 9.17) is 0 Å². The summed E-state index contributed by atoms with van der Waals surface area (Å²) in [5.74, 6) is -0.0763. The minimum atomic E-state index is -3.86. The van der Waals surface area contributed by atoms with Crippen LogP contribution in [-0.4, -0.2) is 20.9 Å². The number of aryl methyl sites for hydroxylation is 2. The van der Waals surface area contributed by atoms with Crippen molar-refractivity contribution in [2.24, 2.45) is 0 Å². The van der Waals surface area contributed by atoms with Gasteiger partial charge in [0, 0.05) is 16.8 Å². The Kier molecular flexibility index (Phi) is 5.35. The van der Waals surface area contributed by atoms with Crippen molar-refractivity contribution in [2.45, 2.75) is 38.5 Å². The molecule has 0 fully saturated rings. The number of nitrogens with one attached hydrogen (secondary N) is 1. The lowest BCUT2D eigenvalue weighted by molar-refractivity contribution is -0.114. The van der Waals surface area contributed by atoms with Gasteiger partial charge in [0.2, 0.25) is 5.91 Å². The number of carbonyl (C=O) groups excluding carboxylic acids is 1. The van der Waals surface area contributed by atoms with Crippen LogP contribution in [0, 0.1) is 13.8 Å². The van der Waals surface area contributed by atoms with Crippen LogP contribution in [0.2, 0.25) is 0 Å². The second-order valence-corrected chi connectivity index (χ2v) is 10.1. The molecule has 160 valence electrons. The lowest BCUT2D eigenvalue weighted by Crippen LogP contribution is -2.40. The first-order chi connectivity index (χ1) is 14.7. The molecule has 0 bridgehead atoms. The van der Waals surface area contributed by atoms with E-state index in [1.54, 1.807) is 12.1 Å². The first kappa shape index (κ1) is 21.1. The van der Waals surface area contributed by atoms with Crippen LogP contribution in [0.4, 0.5) is 11.4 Å². The molecule has 1 N–H and O–H groups in total. The van der Waals surface area contributed by atoms with Gasteiger partial charge in [0.1, 0.15) is 6.54 Å². The standard InChI is InChI=1S/C25H26N2O3S/c1-16(2)19-11-12-23-21(14-19)20-7-5-6-8-24(20)31(29,30)27(23)15-25(28)26-22-13-17(3)9-10-18(22)4/h5-14,16H,15H2,1-4H3,(H,26,28). The highest BCUT2D eigenvalue weighted by Crippen LogP contribution is 2.43. The molecule has 0 atom stereocenters. The Morgan fingerprint density at radius 3 is 2.45 bits per heavy atom. The second kappa shape index (κ2) is 7.85. The number of hydrogen-bond acceptors (Lipinski definition) is 3. The van der Waals surface area contributed by atoms with E-state index in [0.717, 1.165) is 22.3 Å². The monoisotopic (exact) mass is 434 g/mol. The SMILES string of the molecule is Cc1ccc(C)c(NC(=O)CN2c3ccc(C(C)C)cc3-c3ccccc3S2(=O)=O)c1. The van der Waals surface area contributed by atoms with Gasteiger partial charge in [-0.3, -0.25) is 9.10 Å². The summed E-state index contributed by atoms with van der Waals surface area (Å²) in [6.07, 6.45) is 0. The van der Waals surface area contributed by atoms with E-state index in [2.05, 4.69) is 19.2 Å². The van der Waals surface area contributed by atoms with Gasteiger partial charge in [-0.15, -0.1) is 0 Å². The molecule has 3 aromatic rings. The Bertz CT molecular complexity index is 1280. The number of rotatable bonds is 4. The Morgan fingerprint density at radius 1 is 0.968 bits per heavy atom. The molecule has 31 heavy (non-hydrogen) atoms. The smallest absolute Gasteiger partial charge is 0.265 e. The highest BCUT2D eigenvalue weighted by Gasteiger charge is 2.36. The van der Waals surface area contributed by atoms with Gasteiger partial charge in [-0.2, -0.15) is 0 Å². The highest BCUT2D eigenvalue weighted by molar-refractivity contribution is 7.93. The van der Waals surface area contributed by atoms with Gasteiger partial charge in [0.15, 0.2) is 0 Å². The normalized spacial score (nSPS) is 14.2. The molecule has 0 saturated carbocycles. The Hall–Kier alpha value is -3.12. The second-order valence-electron chi connectivity index (χ2n) is 8.31. The summed E-state index contributed by atoms with van der Waals surface area (Å²) >= 11 is 0. The molecular formula is C25H26N2O3S. The molecule has 1 heterocycles. The number of sulfonamides is 1. The molecule has 6 heteroatoms. The van der Waals surface area contributed by atoms with Gasteiger partial charge in [-0.1, -0.05) is 50.2 Å². The van der Waals surface area contributed by atoms with Crippen molar-refractivity contribution in [1.82, 2.24) is 0 Å². The molecule has 0 unspecified atom stereocenters. The minimum absolute atomic E-state index is 0.225. The molecule has 0 radical (unpaired) electrons. The van der Waals surface area contributed by atoms with Gasteiger partial charge in [0.05, 0.1) is 10.6 Å². The van der Waals surface area contributed by atoms with Gasteiger partial charge < -0.3 is 5.32 Å². The first-order valence-corrected chi connectivity index (χ1v) is 11.8. The van der Waals surface area contributed by atoms with Crippen molar-refractivity contribution < 1.29 is 13.2 Å². The number of hydrogen-bond donors (Lipinski definition) is 1. The summed E-state index contributed by atoms with van der Waals surface area (Å²) in [4.78, 5) is 13.1. The fourth-order valence-corrected chi connectivity index (χ4v) is 5.52. The van der Waals surface area contributed by atoms with Gasteiger partial charge in [-0.05, 0) is 60.7 Å². The molecule has 0 aliphatic carbocycles. The average Bonchev–Trinajstić information content (AvgIpc) is 2.73. The number of anilines is 2. The molecule has 4 rings (SSSR count). The first-order valence-electron chi connectivity index (χ1n) is 10.3. The van der Waals surface area contributed by atoms with E-state index in [1.807, 2.05) is 62.4 Å². The zero-order valence-electron chi connectivity index (χ0n) is 18.1. The van der Waals surface area contributed by atoms with Crippen LogP contribution in [0.15, 0.2) is 65.6 Å². The van der Waals surface area contributed by atoms with Crippen LogP contribution in [0.5, 0.6) is 0 Å². The van der Waals surface area contributed by atoms with Crippen LogP contribution in [0.25, 0.3) is 11.1 Å². The number of fused-ring (bicyclic) bond motifs is 3. The molecule has 0 spiro atoms. The van der Waals surface area contributed by atoms with Crippen LogP contribution in [0.1, 0.15) is 36.5 Å². The van der Waals surface area contributed by atoms with Crippen molar-refractivity contribution in [3.05, 3.63) is 77.4 Å². The van der Waals surface area contributed by atoms with Crippen molar-refractivity contribution in [3.63, 3.8) is 0 Å². The predicted octanol–water partition coefficient (Wildman–Crippen LogP) is 5.24. The van der Waals surface area contributed by atoms with E-state index < -0.39 is 10.0 Å². The summed E-state index contributed by atoms with van der Waals surface area (Å²) in [6, 6.07) is 18.5. The summed E-state index contributed by atoms with van der Waals surface area (Å²) in [6.45, 7) is 7.76. The molecular weight excluding hydrogens is 408 g/mol. The van der Waals surface area contributed by atoms with Crippen molar-refractivity contribution >= 4 is 27.3 Å². The summed E-state index contributed by atoms with van der Waals surface area (Å²) < 4.78 is 28.1. The molecule has 5 nitrogen and oxygen atoms in total. The van der Waals surface area contributed by atoms with E-state index in [9.17, 15) is 13.2 Å². The van der Waals surface area contributed by atoms with E-state index in [0.29, 0.717) is 22.9 Å². The number of nitrogens with zero attached hydrogens (tertiary/aromatic N) is 1. The zero-order chi connectivity index (χ0) is 22.3. The Morgan fingerprint density at radius 2 is 1.71 bits per heavy atom. The molecule has 1 aliphatic heterocycles. The number of benzene rings is 3. The van der Waals surface area contributed by atoms with Crippen molar-refractivity contribution in [2.75, 3.05) is 16.2 Å². The maximum absolute atomic E-state index is 13.4. The third-order valence-electron chi connectivity index (χ3n) is 5.66. The summed E-state index contributed by atoms with van der Waals surface area (Å²) in [7, 11) is -3.86. The van der Waals surface area contributed by atoms with Crippen LogP contribution >= 0.6 is 0 Å². The van der Waals surface area contributed by atoms with Crippen LogP contribution < -0.4 is 9.62 Å². The third-order valence-corrected chi connectivity index (χ3v) is 7.47. The largest absolute Gasteiger partial charge is 0.324 e. The Labute approximate surface area is 183 Å². The summed E-state index contributed by atoms with van der Waals surface area (Å²) in [5.41, 5.74) is 5.78. The lowest BCUT2D eigenvalue weighted by atomic mass is 9.95. The van der Waals surface area contributed by atoms with Gasteiger partial charge in [-0.25, -0.2) is 8.42 Å².